The number of anilines is 3. The molecule has 10 nitrogen and oxygen atoms in total. The van der Waals surface area contributed by atoms with Crippen LogP contribution >= 0.6 is 0 Å². The SMILES string of the molecule is Cc1cc(N2CCOCC2)nc(N2CCN(c3c(C)c(C)nc4ncnn34)CC2)n1. The number of hydrogen-bond acceptors (Lipinski definition) is 9. The van der Waals surface area contributed by atoms with Crippen LogP contribution in [0.4, 0.5) is 17.6 Å². The molecule has 0 unspecified atom stereocenters. The molecule has 0 radical (unpaired) electrons. The first-order valence-electron chi connectivity index (χ1n) is 10.5. The number of aromatic nitrogens is 6. The quantitative estimate of drug-likeness (QED) is 0.629. The molecule has 30 heavy (non-hydrogen) atoms. The Morgan fingerprint density at radius 3 is 2.33 bits per heavy atom. The minimum absolute atomic E-state index is 0.646. The van der Waals surface area contributed by atoms with Crippen LogP contribution in [0.1, 0.15) is 17.0 Å². The number of nitrogens with zero attached hydrogens (tertiary/aromatic N) is 9. The Kier molecular flexibility index (Phi) is 4.86. The van der Waals surface area contributed by atoms with Gasteiger partial charge < -0.3 is 19.4 Å². The first-order chi connectivity index (χ1) is 14.6. The van der Waals surface area contributed by atoms with Gasteiger partial charge in [0, 0.05) is 62.3 Å². The van der Waals surface area contributed by atoms with Gasteiger partial charge in [-0.25, -0.2) is 9.97 Å². The molecule has 5 heterocycles. The van der Waals surface area contributed by atoms with Crippen molar-refractivity contribution in [3.8, 4) is 0 Å². The zero-order valence-electron chi connectivity index (χ0n) is 17.7. The van der Waals surface area contributed by atoms with E-state index in [4.69, 9.17) is 14.7 Å². The molecule has 0 saturated carbocycles. The summed E-state index contributed by atoms with van der Waals surface area (Å²) in [6.45, 7) is 12.8. The van der Waals surface area contributed by atoms with Crippen LogP contribution in [0.15, 0.2) is 12.4 Å². The van der Waals surface area contributed by atoms with Gasteiger partial charge in [-0.15, -0.1) is 0 Å². The zero-order chi connectivity index (χ0) is 20.7. The van der Waals surface area contributed by atoms with E-state index < -0.39 is 0 Å². The fourth-order valence-corrected chi connectivity index (χ4v) is 4.14. The largest absolute Gasteiger partial charge is 0.378 e. The molecule has 0 bridgehead atoms. The highest BCUT2D eigenvalue weighted by molar-refractivity contribution is 5.55. The Balaban J connectivity index is 1.36. The van der Waals surface area contributed by atoms with Crippen LogP contribution in [-0.4, -0.2) is 82.0 Å². The molecule has 0 N–H and O–H groups in total. The molecule has 2 aliphatic rings. The van der Waals surface area contributed by atoms with E-state index in [0.29, 0.717) is 5.78 Å². The van der Waals surface area contributed by atoms with Crippen LogP contribution in [0.25, 0.3) is 5.78 Å². The van der Waals surface area contributed by atoms with Gasteiger partial charge in [0.2, 0.25) is 5.95 Å². The fraction of sp³-hybridized carbons (Fsp3) is 0.550. The molecule has 3 aromatic heterocycles. The zero-order valence-corrected chi connectivity index (χ0v) is 17.7. The molecule has 0 atom stereocenters. The Labute approximate surface area is 175 Å². The van der Waals surface area contributed by atoms with E-state index in [1.54, 1.807) is 6.33 Å². The van der Waals surface area contributed by atoms with Crippen molar-refractivity contribution in [2.24, 2.45) is 0 Å². The van der Waals surface area contributed by atoms with E-state index >= 15 is 0 Å². The second-order valence-electron chi connectivity index (χ2n) is 7.86. The Bertz CT molecular complexity index is 1050. The van der Waals surface area contributed by atoms with E-state index in [2.05, 4.69) is 42.8 Å². The van der Waals surface area contributed by atoms with E-state index in [-0.39, 0.29) is 0 Å². The van der Waals surface area contributed by atoms with Gasteiger partial charge in [-0.1, -0.05) is 0 Å². The van der Waals surface area contributed by atoms with Crippen LogP contribution < -0.4 is 14.7 Å². The number of morpholine rings is 1. The lowest BCUT2D eigenvalue weighted by Crippen LogP contribution is -2.48. The highest BCUT2D eigenvalue weighted by atomic mass is 16.5. The maximum atomic E-state index is 5.48. The van der Waals surface area contributed by atoms with Gasteiger partial charge in [-0.05, 0) is 20.8 Å². The summed E-state index contributed by atoms with van der Waals surface area (Å²) in [7, 11) is 0. The minimum Gasteiger partial charge on any atom is -0.378 e. The van der Waals surface area contributed by atoms with Gasteiger partial charge in [0.25, 0.3) is 5.78 Å². The van der Waals surface area contributed by atoms with E-state index in [1.807, 2.05) is 18.4 Å². The number of fused-ring (bicyclic) bond motifs is 1. The highest BCUT2D eigenvalue weighted by Gasteiger charge is 2.25. The van der Waals surface area contributed by atoms with Gasteiger partial charge >= 0.3 is 0 Å². The van der Waals surface area contributed by atoms with Gasteiger partial charge in [-0.3, -0.25) is 0 Å². The molecule has 5 rings (SSSR count). The molecule has 2 aliphatic heterocycles. The summed E-state index contributed by atoms with van der Waals surface area (Å²) in [6.07, 6.45) is 1.56. The number of aryl methyl sites for hydroxylation is 2. The lowest BCUT2D eigenvalue weighted by molar-refractivity contribution is 0.122. The summed E-state index contributed by atoms with van der Waals surface area (Å²) in [5.41, 5.74) is 3.13. The number of piperazine rings is 1. The number of rotatable bonds is 3. The van der Waals surface area contributed by atoms with Crippen LogP contribution in [0.3, 0.4) is 0 Å². The molecule has 158 valence electrons. The van der Waals surface area contributed by atoms with Crippen LogP contribution in [-0.2, 0) is 4.74 Å². The number of hydrogen-bond donors (Lipinski definition) is 0. The predicted octanol–water partition coefficient (Wildman–Crippen LogP) is 1.00. The third-order valence-corrected chi connectivity index (χ3v) is 5.90. The molecule has 2 saturated heterocycles. The standard InChI is InChI=1S/C20H27N9O/c1-14-12-17(26-8-10-30-11-9-26)25-20(23-14)28-6-4-27(5-7-28)18-15(2)16(3)24-19-21-13-22-29(18)19/h12-13H,4-11H2,1-3H3. The van der Waals surface area contributed by atoms with Crippen molar-refractivity contribution in [1.82, 2.24) is 29.5 Å². The summed E-state index contributed by atoms with van der Waals surface area (Å²) in [5.74, 6) is 3.53. The summed E-state index contributed by atoms with van der Waals surface area (Å²) in [5, 5.41) is 4.40. The molecule has 10 heteroatoms. The first-order valence-corrected chi connectivity index (χ1v) is 10.5. The van der Waals surface area contributed by atoms with Crippen LogP contribution in [0.5, 0.6) is 0 Å². The maximum absolute atomic E-state index is 5.48. The lowest BCUT2D eigenvalue weighted by Gasteiger charge is -2.37. The second kappa shape index (κ2) is 7.67. The lowest BCUT2D eigenvalue weighted by atomic mass is 10.2. The van der Waals surface area contributed by atoms with Crippen molar-refractivity contribution >= 4 is 23.4 Å². The molecular weight excluding hydrogens is 382 g/mol. The molecule has 3 aromatic rings. The van der Waals surface area contributed by atoms with Crippen molar-refractivity contribution in [1.29, 1.82) is 0 Å². The van der Waals surface area contributed by atoms with Crippen molar-refractivity contribution in [3.05, 3.63) is 29.3 Å². The normalized spacial score (nSPS) is 17.8. The Morgan fingerprint density at radius 2 is 1.57 bits per heavy atom. The van der Waals surface area contributed by atoms with Crippen molar-refractivity contribution in [3.63, 3.8) is 0 Å². The molecular formula is C20H27N9O. The van der Waals surface area contributed by atoms with E-state index in [9.17, 15) is 0 Å². The van der Waals surface area contributed by atoms with Gasteiger partial charge in [0.15, 0.2) is 0 Å². The average Bonchev–Trinajstić information content (AvgIpc) is 3.23. The van der Waals surface area contributed by atoms with Gasteiger partial charge in [-0.2, -0.15) is 19.6 Å². The highest BCUT2D eigenvalue weighted by Crippen LogP contribution is 2.25. The number of ether oxygens (including phenoxy) is 1. The maximum Gasteiger partial charge on any atom is 0.254 e. The summed E-state index contributed by atoms with van der Waals surface area (Å²) < 4.78 is 7.32. The predicted molar refractivity (Wildman–Crippen MR) is 114 cm³/mol. The Morgan fingerprint density at radius 1 is 0.833 bits per heavy atom. The van der Waals surface area contributed by atoms with Crippen molar-refractivity contribution in [2.45, 2.75) is 20.8 Å². The molecule has 0 amide bonds. The fourth-order valence-electron chi connectivity index (χ4n) is 4.14. The van der Waals surface area contributed by atoms with Gasteiger partial charge in [0.1, 0.15) is 18.0 Å². The van der Waals surface area contributed by atoms with E-state index in [0.717, 1.165) is 87.0 Å². The summed E-state index contributed by atoms with van der Waals surface area (Å²) in [6, 6.07) is 2.07. The van der Waals surface area contributed by atoms with Crippen molar-refractivity contribution in [2.75, 3.05) is 67.2 Å². The molecule has 0 aromatic carbocycles. The van der Waals surface area contributed by atoms with E-state index in [1.165, 1.54) is 0 Å². The third kappa shape index (κ3) is 3.41. The third-order valence-electron chi connectivity index (χ3n) is 5.90. The summed E-state index contributed by atoms with van der Waals surface area (Å²) >= 11 is 0. The van der Waals surface area contributed by atoms with Crippen molar-refractivity contribution < 1.29 is 4.74 Å². The minimum atomic E-state index is 0.646. The van der Waals surface area contributed by atoms with Gasteiger partial charge in [0.05, 0.1) is 13.2 Å². The molecule has 0 spiro atoms. The molecule has 2 fully saturated rings. The van der Waals surface area contributed by atoms with Crippen LogP contribution in [0.2, 0.25) is 0 Å². The molecule has 0 aliphatic carbocycles. The first kappa shape index (κ1) is 19.0. The average molecular weight is 409 g/mol. The Hall–Kier alpha value is -3.01. The summed E-state index contributed by atoms with van der Waals surface area (Å²) in [4.78, 5) is 25.3. The smallest absolute Gasteiger partial charge is 0.254 e. The second-order valence-corrected chi connectivity index (χ2v) is 7.86. The monoisotopic (exact) mass is 409 g/mol. The topological polar surface area (TPSA) is 87.8 Å². The van der Waals surface area contributed by atoms with Crippen LogP contribution in [0, 0.1) is 20.8 Å².